The maximum absolute atomic E-state index is 12.7. The van der Waals surface area contributed by atoms with Crippen LogP contribution in [0.1, 0.15) is 22.7 Å². The Morgan fingerprint density at radius 1 is 1.00 bits per heavy atom. The lowest BCUT2D eigenvalue weighted by Gasteiger charge is -2.38. The number of rotatable bonds is 8. The Morgan fingerprint density at radius 3 is 2.57 bits per heavy atom. The van der Waals surface area contributed by atoms with Crippen LogP contribution in [0.3, 0.4) is 0 Å². The van der Waals surface area contributed by atoms with Gasteiger partial charge in [0.25, 0.3) is 0 Å². The first kappa shape index (κ1) is 24.6. The van der Waals surface area contributed by atoms with Crippen LogP contribution in [0.25, 0.3) is 10.9 Å². The summed E-state index contributed by atoms with van der Waals surface area (Å²) in [7, 11) is 3.35. The second kappa shape index (κ2) is 11.3. The molecule has 1 aliphatic rings. The van der Waals surface area contributed by atoms with Gasteiger partial charge in [-0.3, -0.25) is 9.88 Å². The molecule has 7 nitrogen and oxygen atoms in total. The number of fused-ring (bicyclic) bond motifs is 2. The lowest BCUT2D eigenvalue weighted by atomic mass is 9.88. The zero-order valence-electron chi connectivity index (χ0n) is 21.2. The molecule has 1 aliphatic heterocycles. The Morgan fingerprint density at radius 2 is 1.76 bits per heavy atom. The quantitative estimate of drug-likeness (QED) is 0.350. The molecule has 0 saturated carbocycles. The fraction of sp³-hybridized carbons (Fsp3) is 0.267. The molecule has 3 aromatic carbocycles. The molecule has 5 rings (SSSR count). The Labute approximate surface area is 217 Å². The second-order valence-electron chi connectivity index (χ2n) is 9.15. The van der Waals surface area contributed by atoms with Crippen molar-refractivity contribution in [1.29, 1.82) is 0 Å². The van der Waals surface area contributed by atoms with Crippen molar-refractivity contribution in [1.82, 2.24) is 15.2 Å². The highest BCUT2D eigenvalue weighted by molar-refractivity contribution is 6.00. The van der Waals surface area contributed by atoms with Gasteiger partial charge in [-0.2, -0.15) is 0 Å². The number of carbonyl (C=O) groups excluding carboxylic acids is 1. The fourth-order valence-corrected chi connectivity index (χ4v) is 5.11. The molecule has 0 saturated heterocycles. The highest BCUT2D eigenvalue weighted by Gasteiger charge is 2.29. The predicted octanol–water partition coefficient (Wildman–Crippen LogP) is 5.22. The highest BCUT2D eigenvalue weighted by atomic mass is 16.5. The molecule has 2 N–H and O–H groups in total. The fourth-order valence-electron chi connectivity index (χ4n) is 5.11. The monoisotopic (exact) mass is 496 g/mol. The predicted molar refractivity (Wildman–Crippen MR) is 146 cm³/mol. The molecule has 1 aromatic heterocycles. The molecular formula is C30H32N4O3. The van der Waals surface area contributed by atoms with Crippen molar-refractivity contribution in [2.24, 2.45) is 0 Å². The average molecular weight is 497 g/mol. The van der Waals surface area contributed by atoms with E-state index in [0.29, 0.717) is 6.54 Å². The SMILES string of the molecule is COc1cc2c(cc1OC)C(Cc1ccccc1)N(CCNC(=O)Nc1ccnc3ccccc13)CC2. The summed E-state index contributed by atoms with van der Waals surface area (Å²) in [5, 5.41) is 6.93. The molecular weight excluding hydrogens is 464 g/mol. The molecule has 0 fully saturated rings. The van der Waals surface area contributed by atoms with E-state index in [2.05, 4.69) is 56.9 Å². The number of methoxy groups -OCH3 is 2. The van der Waals surface area contributed by atoms with Gasteiger partial charge < -0.3 is 20.1 Å². The first-order valence-corrected chi connectivity index (χ1v) is 12.6. The summed E-state index contributed by atoms with van der Waals surface area (Å²) in [6.45, 7) is 2.16. The number of aromatic nitrogens is 1. The van der Waals surface area contributed by atoms with Crippen LogP contribution in [-0.2, 0) is 12.8 Å². The normalized spacial score (nSPS) is 15.1. The molecule has 1 atom stereocenters. The van der Waals surface area contributed by atoms with E-state index in [9.17, 15) is 4.79 Å². The van der Waals surface area contributed by atoms with E-state index in [-0.39, 0.29) is 12.1 Å². The summed E-state index contributed by atoms with van der Waals surface area (Å²) in [5.74, 6) is 1.50. The number of anilines is 1. The number of urea groups is 1. The summed E-state index contributed by atoms with van der Waals surface area (Å²) in [4.78, 5) is 19.5. The van der Waals surface area contributed by atoms with Crippen molar-refractivity contribution in [2.45, 2.75) is 18.9 Å². The maximum Gasteiger partial charge on any atom is 0.319 e. The van der Waals surface area contributed by atoms with Crippen LogP contribution in [0.5, 0.6) is 11.5 Å². The third kappa shape index (κ3) is 5.52. The van der Waals surface area contributed by atoms with Crippen molar-refractivity contribution >= 4 is 22.6 Å². The van der Waals surface area contributed by atoms with Crippen LogP contribution in [0.15, 0.2) is 79.0 Å². The summed E-state index contributed by atoms with van der Waals surface area (Å²) in [5.41, 5.74) is 5.40. The molecule has 7 heteroatoms. The number of para-hydroxylation sites is 1. The van der Waals surface area contributed by atoms with E-state index < -0.39 is 0 Å². The van der Waals surface area contributed by atoms with Crippen LogP contribution in [0.2, 0.25) is 0 Å². The minimum absolute atomic E-state index is 0.167. The van der Waals surface area contributed by atoms with Crippen molar-refractivity contribution in [2.75, 3.05) is 39.2 Å². The van der Waals surface area contributed by atoms with Gasteiger partial charge in [0.2, 0.25) is 0 Å². The highest BCUT2D eigenvalue weighted by Crippen LogP contribution is 2.39. The maximum atomic E-state index is 12.7. The average Bonchev–Trinajstić information content (AvgIpc) is 2.94. The number of amides is 2. The van der Waals surface area contributed by atoms with E-state index in [1.165, 1.54) is 16.7 Å². The first-order valence-electron chi connectivity index (χ1n) is 12.6. The van der Waals surface area contributed by atoms with E-state index in [0.717, 1.165) is 54.0 Å². The topological polar surface area (TPSA) is 75.7 Å². The van der Waals surface area contributed by atoms with Crippen molar-refractivity contribution in [3.8, 4) is 11.5 Å². The van der Waals surface area contributed by atoms with Gasteiger partial charge in [0.15, 0.2) is 11.5 Å². The standard InChI is InChI=1S/C30H32N4O3/c1-36-28-19-22-13-16-34(27(24(22)20-29(28)37-2)18-21-8-4-3-5-9-21)17-15-32-30(35)33-26-12-14-31-25-11-7-6-10-23(25)26/h3-12,14,19-20,27H,13,15-18H2,1-2H3,(H2,31,32,33,35). The van der Waals surface area contributed by atoms with Gasteiger partial charge in [-0.05, 0) is 53.8 Å². The van der Waals surface area contributed by atoms with Crippen LogP contribution >= 0.6 is 0 Å². The number of pyridine rings is 1. The van der Waals surface area contributed by atoms with E-state index in [4.69, 9.17) is 9.47 Å². The van der Waals surface area contributed by atoms with Crippen molar-refractivity contribution < 1.29 is 14.3 Å². The smallest absolute Gasteiger partial charge is 0.319 e. The molecule has 2 amide bonds. The number of nitrogens with zero attached hydrogens (tertiary/aromatic N) is 2. The number of hydrogen-bond donors (Lipinski definition) is 2. The molecule has 0 bridgehead atoms. The van der Waals surface area contributed by atoms with Gasteiger partial charge in [-0.25, -0.2) is 4.79 Å². The van der Waals surface area contributed by atoms with Gasteiger partial charge in [-0.1, -0.05) is 48.5 Å². The first-order chi connectivity index (χ1) is 18.2. The molecule has 2 heterocycles. The number of ether oxygens (including phenoxy) is 2. The lowest BCUT2D eigenvalue weighted by molar-refractivity contribution is 0.183. The molecule has 190 valence electrons. The van der Waals surface area contributed by atoms with E-state index in [1.807, 2.05) is 36.4 Å². The summed E-state index contributed by atoms with van der Waals surface area (Å²) in [6, 6.07) is 24.3. The third-order valence-corrected chi connectivity index (χ3v) is 6.97. The molecule has 0 spiro atoms. The second-order valence-corrected chi connectivity index (χ2v) is 9.15. The third-order valence-electron chi connectivity index (χ3n) is 6.97. The van der Waals surface area contributed by atoms with Crippen LogP contribution in [-0.4, -0.2) is 49.8 Å². The molecule has 0 aliphatic carbocycles. The number of nitrogens with one attached hydrogen (secondary N) is 2. The number of carbonyl (C=O) groups is 1. The van der Waals surface area contributed by atoms with Gasteiger partial charge in [0.1, 0.15) is 0 Å². The molecule has 4 aromatic rings. The number of benzene rings is 3. The lowest BCUT2D eigenvalue weighted by Crippen LogP contribution is -2.42. The van der Waals surface area contributed by atoms with Crippen molar-refractivity contribution in [3.63, 3.8) is 0 Å². The van der Waals surface area contributed by atoms with E-state index in [1.54, 1.807) is 20.4 Å². The van der Waals surface area contributed by atoms with Crippen molar-refractivity contribution in [3.05, 3.63) is 95.7 Å². The zero-order chi connectivity index (χ0) is 25.6. The van der Waals surface area contributed by atoms with Crippen LogP contribution < -0.4 is 20.1 Å². The Balaban J connectivity index is 1.29. The van der Waals surface area contributed by atoms with Gasteiger partial charge >= 0.3 is 6.03 Å². The molecule has 1 unspecified atom stereocenters. The largest absolute Gasteiger partial charge is 0.493 e. The Kier molecular flexibility index (Phi) is 7.51. The Bertz CT molecular complexity index is 1370. The minimum Gasteiger partial charge on any atom is -0.493 e. The Hall–Kier alpha value is -4.10. The van der Waals surface area contributed by atoms with Gasteiger partial charge in [0, 0.05) is 37.3 Å². The van der Waals surface area contributed by atoms with E-state index >= 15 is 0 Å². The summed E-state index contributed by atoms with van der Waals surface area (Å²) in [6.07, 6.45) is 3.50. The van der Waals surface area contributed by atoms with Crippen LogP contribution in [0, 0.1) is 0 Å². The van der Waals surface area contributed by atoms with Gasteiger partial charge in [0.05, 0.1) is 25.4 Å². The van der Waals surface area contributed by atoms with Gasteiger partial charge in [-0.15, -0.1) is 0 Å². The zero-order valence-corrected chi connectivity index (χ0v) is 21.2. The summed E-state index contributed by atoms with van der Waals surface area (Å²) < 4.78 is 11.2. The minimum atomic E-state index is -0.222. The molecule has 0 radical (unpaired) electrons. The van der Waals surface area contributed by atoms with Crippen LogP contribution in [0.4, 0.5) is 10.5 Å². The number of hydrogen-bond acceptors (Lipinski definition) is 5. The molecule has 37 heavy (non-hydrogen) atoms. The summed E-state index contributed by atoms with van der Waals surface area (Å²) >= 11 is 0.